The second-order valence-corrected chi connectivity index (χ2v) is 14.9. The molecule has 18 nitrogen and oxygen atoms in total. The molecule has 3 rings (SSSR count). The van der Waals surface area contributed by atoms with Gasteiger partial charge in [0.2, 0.25) is 29.5 Å². The summed E-state index contributed by atoms with van der Waals surface area (Å²) in [5.74, 6) is -7.77. The predicted molar refractivity (Wildman–Crippen MR) is 210 cm³/mol. The number of amides is 5. The van der Waals surface area contributed by atoms with Crippen LogP contribution in [0.5, 0.6) is 0 Å². The van der Waals surface area contributed by atoms with Crippen LogP contribution in [-0.4, -0.2) is 103 Å². The number of para-hydroxylation sites is 1. The summed E-state index contributed by atoms with van der Waals surface area (Å²) in [6.45, 7) is 10.6. The normalized spacial score (nSPS) is 15.6. The minimum absolute atomic E-state index is 0.0337. The van der Waals surface area contributed by atoms with E-state index in [1.54, 1.807) is 40.1 Å². The van der Waals surface area contributed by atoms with Gasteiger partial charge in [-0.2, -0.15) is 0 Å². The molecule has 0 spiro atoms. The lowest BCUT2D eigenvalue weighted by atomic mass is 9.94. The average molecular weight is 796 g/mol. The Hall–Kier alpha value is -5.78. The van der Waals surface area contributed by atoms with E-state index in [1.165, 1.54) is 6.33 Å². The molecule has 0 aliphatic rings. The lowest BCUT2D eigenvalue weighted by Crippen LogP contribution is -2.61. The zero-order valence-electron chi connectivity index (χ0n) is 33.3. The second kappa shape index (κ2) is 21.5. The first-order valence-electron chi connectivity index (χ1n) is 19.2. The molecule has 2 aromatic heterocycles. The number of aromatic amines is 2. The molecule has 2 heterocycles. The van der Waals surface area contributed by atoms with Gasteiger partial charge in [0.25, 0.3) is 0 Å². The molecule has 312 valence electrons. The fourth-order valence-electron chi connectivity index (χ4n) is 6.24. The molecule has 1 aromatic carbocycles. The number of H-pyrrole nitrogens is 2. The fraction of sp³-hybridized carbons (Fsp3) is 0.538. The number of fused-ring (bicyclic) bond motifs is 1. The van der Waals surface area contributed by atoms with Gasteiger partial charge >= 0.3 is 11.9 Å². The molecule has 18 heteroatoms. The van der Waals surface area contributed by atoms with Gasteiger partial charge in [0.15, 0.2) is 0 Å². The molecular formula is C39H57N9O9. The summed E-state index contributed by atoms with van der Waals surface area (Å²) in [5.41, 5.74) is 8.07. The third-order valence-corrected chi connectivity index (χ3v) is 9.97. The molecule has 8 unspecified atom stereocenters. The van der Waals surface area contributed by atoms with Crippen LogP contribution in [0.15, 0.2) is 43.0 Å². The van der Waals surface area contributed by atoms with E-state index in [4.69, 9.17) is 5.73 Å². The number of rotatable bonds is 23. The lowest BCUT2D eigenvalue weighted by molar-refractivity contribution is -0.142. The van der Waals surface area contributed by atoms with E-state index in [0.717, 1.165) is 10.9 Å². The van der Waals surface area contributed by atoms with E-state index < -0.39 is 96.0 Å². The van der Waals surface area contributed by atoms with Gasteiger partial charge in [0, 0.05) is 36.1 Å². The number of aliphatic carboxylic acids is 2. The summed E-state index contributed by atoms with van der Waals surface area (Å²) in [7, 11) is 0. The highest BCUT2D eigenvalue weighted by Gasteiger charge is 2.36. The number of nitrogens with two attached hydrogens (primary N) is 1. The minimum atomic E-state index is -1.66. The highest BCUT2D eigenvalue weighted by Crippen LogP contribution is 2.20. The molecule has 8 atom stereocenters. The van der Waals surface area contributed by atoms with Gasteiger partial charge in [-0.05, 0) is 35.8 Å². The van der Waals surface area contributed by atoms with E-state index in [1.807, 2.05) is 38.1 Å². The Morgan fingerprint density at radius 3 is 1.84 bits per heavy atom. The number of carboxylic acids is 2. The summed E-state index contributed by atoms with van der Waals surface area (Å²) in [6.07, 6.45) is 4.83. The van der Waals surface area contributed by atoms with Crippen molar-refractivity contribution in [3.63, 3.8) is 0 Å². The standard InChI is InChI=1S/C39H57N9O9/c1-7-21(5)32(37(54)46-30(39(56)57)14-23-17-42-27-12-10-9-11-25(23)27)48-38(55)33(22(6)8-2)47-36(53)29(16-31(49)50)45-35(52)28(13-20(3)4)44-34(51)26(40)15-24-18-41-19-43-24/h9-12,17-22,26,28-30,32-33,42H,7-8,13-16,40H2,1-6H3,(H,41,43)(H,44,51)(H,45,52)(H,46,54)(H,47,53)(H,48,55)(H,49,50)(H,56,57). The summed E-state index contributed by atoms with van der Waals surface area (Å²) in [6, 6.07) is -0.382. The van der Waals surface area contributed by atoms with Gasteiger partial charge < -0.3 is 52.5 Å². The molecule has 3 aromatic rings. The van der Waals surface area contributed by atoms with E-state index in [9.17, 15) is 43.8 Å². The summed E-state index contributed by atoms with van der Waals surface area (Å²) >= 11 is 0. The maximum Gasteiger partial charge on any atom is 0.326 e. The number of carbonyl (C=O) groups excluding carboxylic acids is 5. The molecule has 11 N–H and O–H groups in total. The molecule has 0 radical (unpaired) electrons. The Morgan fingerprint density at radius 1 is 0.719 bits per heavy atom. The highest BCUT2D eigenvalue weighted by atomic mass is 16.4. The van der Waals surface area contributed by atoms with Gasteiger partial charge in [0.05, 0.1) is 24.5 Å². The Bertz CT molecular complexity index is 1840. The molecular weight excluding hydrogens is 738 g/mol. The van der Waals surface area contributed by atoms with Crippen LogP contribution < -0.4 is 32.3 Å². The maximum absolute atomic E-state index is 13.9. The number of benzene rings is 1. The van der Waals surface area contributed by atoms with E-state index in [0.29, 0.717) is 24.1 Å². The van der Waals surface area contributed by atoms with Crippen LogP contribution in [0.3, 0.4) is 0 Å². The third-order valence-electron chi connectivity index (χ3n) is 9.97. The van der Waals surface area contributed by atoms with Crippen molar-refractivity contribution >= 4 is 52.4 Å². The summed E-state index contributed by atoms with van der Waals surface area (Å²) in [4.78, 5) is 102. The van der Waals surface area contributed by atoms with Gasteiger partial charge in [0.1, 0.15) is 30.2 Å². The van der Waals surface area contributed by atoms with E-state index in [-0.39, 0.29) is 25.2 Å². The number of hydrogen-bond donors (Lipinski definition) is 10. The Kier molecular flexibility index (Phi) is 17.2. The molecule has 5 amide bonds. The average Bonchev–Trinajstić information content (AvgIpc) is 3.83. The second-order valence-electron chi connectivity index (χ2n) is 14.9. The Labute approximate surface area is 331 Å². The first-order valence-corrected chi connectivity index (χ1v) is 19.2. The van der Waals surface area contributed by atoms with Crippen molar-refractivity contribution in [3.05, 3.63) is 54.2 Å². The van der Waals surface area contributed by atoms with E-state index >= 15 is 0 Å². The first-order chi connectivity index (χ1) is 26.9. The van der Waals surface area contributed by atoms with Gasteiger partial charge in [-0.3, -0.25) is 28.8 Å². The molecule has 0 bridgehead atoms. The van der Waals surface area contributed by atoms with Crippen LogP contribution in [-0.2, 0) is 46.4 Å². The zero-order chi connectivity index (χ0) is 42.4. The summed E-state index contributed by atoms with van der Waals surface area (Å²) in [5, 5.41) is 33.4. The van der Waals surface area contributed by atoms with Gasteiger partial charge in [-0.15, -0.1) is 0 Å². The quantitative estimate of drug-likeness (QED) is 0.0649. The number of carbonyl (C=O) groups is 7. The molecule has 0 fully saturated rings. The number of carboxylic acid groups (broad SMARTS) is 2. The summed E-state index contributed by atoms with van der Waals surface area (Å²) < 4.78 is 0. The Balaban J connectivity index is 1.78. The molecule has 0 aliphatic carbocycles. The number of nitrogens with one attached hydrogen (secondary N) is 7. The topological polar surface area (TPSA) is 291 Å². The monoisotopic (exact) mass is 795 g/mol. The maximum atomic E-state index is 13.9. The van der Waals surface area contributed by atoms with Crippen LogP contribution in [0.2, 0.25) is 0 Å². The van der Waals surface area contributed by atoms with Gasteiger partial charge in [-0.25, -0.2) is 9.78 Å². The van der Waals surface area contributed by atoms with Crippen LogP contribution >= 0.6 is 0 Å². The lowest BCUT2D eigenvalue weighted by Gasteiger charge is -2.30. The molecule has 0 aliphatic heterocycles. The van der Waals surface area contributed by atoms with Crippen molar-refractivity contribution in [2.24, 2.45) is 23.5 Å². The molecule has 57 heavy (non-hydrogen) atoms. The number of aromatic nitrogens is 3. The van der Waals surface area contributed by atoms with Crippen LogP contribution in [0.4, 0.5) is 0 Å². The van der Waals surface area contributed by atoms with Crippen LogP contribution in [0.1, 0.15) is 78.5 Å². The zero-order valence-corrected chi connectivity index (χ0v) is 33.3. The van der Waals surface area contributed by atoms with Crippen molar-refractivity contribution in [1.82, 2.24) is 41.5 Å². The smallest absolute Gasteiger partial charge is 0.326 e. The van der Waals surface area contributed by atoms with Crippen molar-refractivity contribution in [3.8, 4) is 0 Å². The van der Waals surface area contributed by atoms with Crippen molar-refractivity contribution in [2.45, 2.75) is 116 Å². The number of nitrogens with zero attached hydrogens (tertiary/aromatic N) is 1. The van der Waals surface area contributed by atoms with Crippen LogP contribution in [0.25, 0.3) is 10.9 Å². The largest absolute Gasteiger partial charge is 0.481 e. The third kappa shape index (κ3) is 13.4. The Morgan fingerprint density at radius 2 is 1.28 bits per heavy atom. The highest BCUT2D eigenvalue weighted by molar-refractivity contribution is 5.97. The number of imidazole rings is 1. The minimum Gasteiger partial charge on any atom is -0.481 e. The van der Waals surface area contributed by atoms with Gasteiger partial charge in [-0.1, -0.05) is 72.6 Å². The number of hydrogen-bond acceptors (Lipinski definition) is 9. The first kappa shape index (κ1) is 45.6. The fourth-order valence-corrected chi connectivity index (χ4v) is 6.24. The molecule has 0 saturated carbocycles. The van der Waals surface area contributed by atoms with E-state index in [2.05, 4.69) is 41.5 Å². The SMILES string of the molecule is CCC(C)C(NC(=O)C(CC(=O)O)NC(=O)C(CC(C)C)NC(=O)C(N)Cc1c[nH]cn1)C(=O)NC(C(=O)NC(Cc1c[nH]c2ccccc12)C(=O)O)C(C)CC. The predicted octanol–water partition coefficient (Wildman–Crippen LogP) is 1.13. The van der Waals surface area contributed by atoms with Crippen LogP contribution in [0, 0.1) is 17.8 Å². The van der Waals surface area contributed by atoms with Crippen molar-refractivity contribution < 1.29 is 43.8 Å². The molecule has 0 saturated heterocycles. The van der Waals surface area contributed by atoms with Crippen molar-refractivity contribution in [1.29, 1.82) is 0 Å². The van der Waals surface area contributed by atoms with Crippen molar-refractivity contribution in [2.75, 3.05) is 0 Å².